The highest BCUT2D eigenvalue weighted by atomic mass is 16.3. The highest BCUT2D eigenvalue weighted by Crippen LogP contribution is 2.13. The number of benzene rings is 1. The van der Waals surface area contributed by atoms with Gasteiger partial charge in [0, 0.05) is 13.1 Å². The van der Waals surface area contributed by atoms with Crippen LogP contribution in [0.5, 0.6) is 5.75 Å². The quantitative estimate of drug-likeness (QED) is 0.260. The van der Waals surface area contributed by atoms with Gasteiger partial charge in [-0.1, -0.05) is 103 Å². The van der Waals surface area contributed by atoms with Crippen molar-refractivity contribution in [1.82, 2.24) is 10.6 Å². The molecule has 4 heteroatoms. The van der Waals surface area contributed by atoms with Crippen molar-refractivity contribution in [1.29, 1.82) is 0 Å². The molecule has 2 amide bonds. The molecule has 1 rings (SSSR count). The van der Waals surface area contributed by atoms with Crippen molar-refractivity contribution in [3.63, 3.8) is 0 Å². The zero-order valence-electron chi connectivity index (χ0n) is 18.0. The third-order valence-electron chi connectivity index (χ3n) is 5.21. The largest absolute Gasteiger partial charge is 0.508 e. The summed E-state index contributed by atoms with van der Waals surface area (Å²) in [6, 6.07) is 6.75. The normalized spacial score (nSPS) is 10.8. The molecule has 0 bridgehead atoms. The minimum atomic E-state index is -0.122. The van der Waals surface area contributed by atoms with Gasteiger partial charge >= 0.3 is 6.03 Å². The highest BCUT2D eigenvalue weighted by molar-refractivity contribution is 5.73. The number of amides is 2. The minimum absolute atomic E-state index is 0.122. The Kier molecular flexibility index (Phi) is 15.1. The van der Waals surface area contributed by atoms with Crippen molar-refractivity contribution in [2.45, 2.75) is 103 Å². The van der Waals surface area contributed by atoms with E-state index in [1.165, 1.54) is 83.5 Å². The number of phenols is 1. The number of carbonyl (C=O) groups excluding carboxylic acids is 1. The average Bonchev–Trinajstić information content (AvgIpc) is 2.70. The molecule has 0 spiro atoms. The standard InChI is InChI=1S/C24H42N2O2/c1-2-3-4-5-6-7-8-9-10-11-12-13-14-15-20-25-24(28)26-21-22-16-18-23(27)19-17-22/h16-19,27H,2-15,20-21H2,1H3,(H2,25,26,28). The monoisotopic (exact) mass is 390 g/mol. The molecule has 3 N–H and O–H groups in total. The summed E-state index contributed by atoms with van der Waals surface area (Å²) in [7, 11) is 0. The van der Waals surface area contributed by atoms with Crippen LogP contribution in [-0.2, 0) is 6.54 Å². The lowest BCUT2D eigenvalue weighted by Gasteiger charge is -2.08. The predicted octanol–water partition coefficient (Wildman–Crippen LogP) is 6.67. The van der Waals surface area contributed by atoms with E-state index in [-0.39, 0.29) is 11.8 Å². The van der Waals surface area contributed by atoms with E-state index in [2.05, 4.69) is 17.6 Å². The summed E-state index contributed by atoms with van der Waals surface area (Å²) in [5.74, 6) is 0.242. The molecular weight excluding hydrogens is 348 g/mol. The number of phenolic OH excluding ortho intramolecular Hbond substituents is 1. The molecule has 0 fully saturated rings. The molecule has 0 saturated carbocycles. The van der Waals surface area contributed by atoms with Crippen LogP contribution in [0.3, 0.4) is 0 Å². The summed E-state index contributed by atoms with van der Waals surface area (Å²) < 4.78 is 0. The van der Waals surface area contributed by atoms with Crippen LogP contribution < -0.4 is 10.6 Å². The Morgan fingerprint density at radius 2 is 1.18 bits per heavy atom. The van der Waals surface area contributed by atoms with Gasteiger partial charge < -0.3 is 15.7 Å². The third kappa shape index (κ3) is 14.4. The van der Waals surface area contributed by atoms with Crippen molar-refractivity contribution in [3.05, 3.63) is 29.8 Å². The second-order valence-corrected chi connectivity index (χ2v) is 7.87. The van der Waals surface area contributed by atoms with Gasteiger partial charge in [0.2, 0.25) is 0 Å². The molecule has 0 aliphatic heterocycles. The maximum absolute atomic E-state index is 11.7. The average molecular weight is 391 g/mol. The number of carbonyl (C=O) groups is 1. The van der Waals surface area contributed by atoms with Crippen LogP contribution in [0.25, 0.3) is 0 Å². The van der Waals surface area contributed by atoms with E-state index in [9.17, 15) is 9.90 Å². The fourth-order valence-corrected chi connectivity index (χ4v) is 3.38. The summed E-state index contributed by atoms with van der Waals surface area (Å²) in [5.41, 5.74) is 0.976. The maximum atomic E-state index is 11.7. The molecule has 0 unspecified atom stereocenters. The van der Waals surface area contributed by atoms with E-state index >= 15 is 0 Å². The Morgan fingerprint density at radius 3 is 1.68 bits per heavy atom. The molecule has 1 aromatic rings. The third-order valence-corrected chi connectivity index (χ3v) is 5.21. The van der Waals surface area contributed by atoms with E-state index in [1.54, 1.807) is 12.1 Å². The van der Waals surface area contributed by atoms with Crippen LogP contribution in [0.4, 0.5) is 4.79 Å². The summed E-state index contributed by atoms with van der Waals surface area (Å²) >= 11 is 0. The summed E-state index contributed by atoms with van der Waals surface area (Å²) in [6.07, 6.45) is 18.8. The van der Waals surface area contributed by atoms with Gasteiger partial charge in [-0.05, 0) is 24.1 Å². The molecule has 4 nitrogen and oxygen atoms in total. The minimum Gasteiger partial charge on any atom is -0.508 e. The summed E-state index contributed by atoms with van der Waals surface area (Å²) in [5, 5.41) is 15.0. The first-order valence-electron chi connectivity index (χ1n) is 11.5. The second-order valence-electron chi connectivity index (χ2n) is 7.87. The Balaban J connectivity index is 1.80. The fraction of sp³-hybridized carbons (Fsp3) is 0.708. The van der Waals surface area contributed by atoms with Crippen LogP contribution >= 0.6 is 0 Å². The molecule has 0 radical (unpaired) electrons. The van der Waals surface area contributed by atoms with Gasteiger partial charge in [0.05, 0.1) is 0 Å². The number of hydrogen-bond acceptors (Lipinski definition) is 2. The molecule has 0 saturated heterocycles. The first-order valence-corrected chi connectivity index (χ1v) is 11.5. The maximum Gasteiger partial charge on any atom is 0.315 e. The molecule has 0 aliphatic carbocycles. The fourth-order valence-electron chi connectivity index (χ4n) is 3.38. The van der Waals surface area contributed by atoms with Crippen LogP contribution in [0.2, 0.25) is 0 Å². The number of nitrogens with one attached hydrogen (secondary N) is 2. The number of hydrogen-bond donors (Lipinski definition) is 3. The van der Waals surface area contributed by atoms with Crippen molar-refractivity contribution >= 4 is 6.03 Å². The van der Waals surface area contributed by atoms with Crippen molar-refractivity contribution in [2.75, 3.05) is 6.54 Å². The zero-order valence-corrected chi connectivity index (χ0v) is 18.0. The summed E-state index contributed by atoms with van der Waals surface area (Å²) in [4.78, 5) is 11.7. The number of aromatic hydroxyl groups is 1. The van der Waals surface area contributed by atoms with Gasteiger partial charge in [0.1, 0.15) is 5.75 Å². The Labute approximate surface area is 172 Å². The van der Waals surface area contributed by atoms with E-state index in [4.69, 9.17) is 0 Å². The molecule has 160 valence electrons. The molecule has 0 atom stereocenters. The molecule has 1 aromatic carbocycles. The SMILES string of the molecule is CCCCCCCCCCCCCCCCNC(=O)NCc1ccc(O)cc1. The van der Waals surface area contributed by atoms with Gasteiger partial charge in [-0.25, -0.2) is 4.79 Å². The van der Waals surface area contributed by atoms with Crippen molar-refractivity contribution < 1.29 is 9.90 Å². The van der Waals surface area contributed by atoms with Crippen molar-refractivity contribution in [2.24, 2.45) is 0 Å². The Bertz CT molecular complexity index is 488. The molecular formula is C24H42N2O2. The van der Waals surface area contributed by atoms with E-state index in [1.807, 2.05) is 12.1 Å². The molecule has 0 aliphatic rings. The number of unbranched alkanes of at least 4 members (excludes halogenated alkanes) is 13. The van der Waals surface area contributed by atoms with Gasteiger partial charge in [-0.15, -0.1) is 0 Å². The highest BCUT2D eigenvalue weighted by Gasteiger charge is 2.00. The lowest BCUT2D eigenvalue weighted by Crippen LogP contribution is -2.35. The van der Waals surface area contributed by atoms with Gasteiger partial charge in [-0.3, -0.25) is 0 Å². The second kappa shape index (κ2) is 17.4. The van der Waals surface area contributed by atoms with E-state index in [0.29, 0.717) is 6.54 Å². The number of urea groups is 1. The molecule has 0 aromatic heterocycles. The Hall–Kier alpha value is -1.71. The van der Waals surface area contributed by atoms with Crippen LogP contribution in [0, 0.1) is 0 Å². The van der Waals surface area contributed by atoms with E-state index in [0.717, 1.165) is 18.5 Å². The van der Waals surface area contributed by atoms with Crippen LogP contribution in [-0.4, -0.2) is 17.7 Å². The Morgan fingerprint density at radius 1 is 0.714 bits per heavy atom. The lowest BCUT2D eigenvalue weighted by atomic mass is 10.0. The molecule has 28 heavy (non-hydrogen) atoms. The van der Waals surface area contributed by atoms with Crippen molar-refractivity contribution in [3.8, 4) is 5.75 Å². The van der Waals surface area contributed by atoms with E-state index < -0.39 is 0 Å². The predicted molar refractivity (Wildman–Crippen MR) is 119 cm³/mol. The summed E-state index contributed by atoms with van der Waals surface area (Å²) in [6.45, 7) is 3.49. The first-order chi connectivity index (χ1) is 13.7. The lowest BCUT2D eigenvalue weighted by molar-refractivity contribution is 0.240. The number of rotatable bonds is 17. The van der Waals surface area contributed by atoms with Crippen LogP contribution in [0.15, 0.2) is 24.3 Å². The first kappa shape index (κ1) is 24.3. The zero-order chi connectivity index (χ0) is 20.3. The van der Waals surface area contributed by atoms with Crippen LogP contribution in [0.1, 0.15) is 102 Å². The van der Waals surface area contributed by atoms with Gasteiger partial charge in [-0.2, -0.15) is 0 Å². The molecule has 0 heterocycles. The topological polar surface area (TPSA) is 61.4 Å². The van der Waals surface area contributed by atoms with Gasteiger partial charge in [0.15, 0.2) is 0 Å². The smallest absolute Gasteiger partial charge is 0.315 e. The van der Waals surface area contributed by atoms with Gasteiger partial charge in [0.25, 0.3) is 0 Å².